The van der Waals surface area contributed by atoms with Crippen LogP contribution in [0.3, 0.4) is 0 Å². The number of aliphatic hydroxyl groups excluding tert-OH is 1. The summed E-state index contributed by atoms with van der Waals surface area (Å²) in [5, 5.41) is 8.90. The number of nitrogens with zero attached hydrogens (tertiary/aromatic N) is 1. The van der Waals surface area contributed by atoms with Crippen molar-refractivity contribution in [2.45, 2.75) is 27.2 Å². The Labute approximate surface area is 116 Å². The number of ketones is 1. The highest BCUT2D eigenvalue weighted by atomic mass is 16.3. The quantitative estimate of drug-likeness (QED) is 0.733. The summed E-state index contributed by atoms with van der Waals surface area (Å²) in [6.45, 7) is 8.71. The van der Waals surface area contributed by atoms with Crippen LogP contribution in [0.2, 0.25) is 0 Å². The van der Waals surface area contributed by atoms with Crippen LogP contribution in [-0.4, -0.2) is 42.0 Å². The van der Waals surface area contributed by atoms with E-state index in [0.29, 0.717) is 0 Å². The van der Waals surface area contributed by atoms with Crippen LogP contribution in [0.15, 0.2) is 30.3 Å². The van der Waals surface area contributed by atoms with Crippen LogP contribution in [-0.2, 0) is 0 Å². The topological polar surface area (TPSA) is 40.5 Å². The van der Waals surface area contributed by atoms with Crippen LogP contribution >= 0.6 is 0 Å². The van der Waals surface area contributed by atoms with Gasteiger partial charge in [0.15, 0.2) is 5.78 Å². The summed E-state index contributed by atoms with van der Waals surface area (Å²) in [6.07, 6.45) is 0.753. The first-order valence-electron chi connectivity index (χ1n) is 6.94. The van der Waals surface area contributed by atoms with E-state index in [4.69, 9.17) is 5.11 Å². The Morgan fingerprint density at radius 3 is 2.42 bits per heavy atom. The van der Waals surface area contributed by atoms with Crippen molar-refractivity contribution >= 4 is 5.78 Å². The minimum Gasteiger partial charge on any atom is -0.396 e. The predicted octanol–water partition coefficient (Wildman–Crippen LogP) is 2.60. The van der Waals surface area contributed by atoms with Gasteiger partial charge >= 0.3 is 0 Å². The van der Waals surface area contributed by atoms with Crippen LogP contribution in [0.25, 0.3) is 0 Å². The zero-order valence-corrected chi connectivity index (χ0v) is 12.2. The lowest BCUT2D eigenvalue weighted by atomic mass is 9.83. The molecule has 0 aliphatic carbocycles. The largest absolute Gasteiger partial charge is 0.396 e. The van der Waals surface area contributed by atoms with Gasteiger partial charge in [0.05, 0.1) is 0 Å². The van der Waals surface area contributed by atoms with Crippen molar-refractivity contribution in [3.63, 3.8) is 0 Å². The second kappa shape index (κ2) is 7.41. The number of benzene rings is 1. The van der Waals surface area contributed by atoms with Gasteiger partial charge in [0.25, 0.3) is 0 Å². The van der Waals surface area contributed by atoms with E-state index in [1.54, 1.807) is 0 Å². The number of aliphatic hydroxyl groups is 1. The van der Waals surface area contributed by atoms with Gasteiger partial charge in [0, 0.05) is 30.7 Å². The minimum absolute atomic E-state index is 0.176. The number of carbonyl (C=O) groups is 1. The normalized spacial score (nSPS) is 11.8. The number of Topliss-reactive ketones (excluding diaryl/α,β-unsaturated/α-hetero) is 1. The first kappa shape index (κ1) is 15.9. The highest BCUT2D eigenvalue weighted by molar-refractivity contribution is 6.00. The average Bonchev–Trinajstić information content (AvgIpc) is 2.43. The molecule has 0 fully saturated rings. The smallest absolute Gasteiger partial charge is 0.169 e. The van der Waals surface area contributed by atoms with Gasteiger partial charge in [-0.1, -0.05) is 51.1 Å². The van der Waals surface area contributed by atoms with Gasteiger partial charge in [-0.3, -0.25) is 4.79 Å². The van der Waals surface area contributed by atoms with Gasteiger partial charge in [0.1, 0.15) is 0 Å². The maximum absolute atomic E-state index is 12.5. The van der Waals surface area contributed by atoms with Crippen molar-refractivity contribution in [1.82, 2.24) is 4.90 Å². The van der Waals surface area contributed by atoms with Crippen LogP contribution in [0.5, 0.6) is 0 Å². The summed E-state index contributed by atoms with van der Waals surface area (Å²) in [5.41, 5.74) is 0.359. The molecule has 3 nitrogen and oxygen atoms in total. The molecule has 0 aliphatic rings. The Bertz CT molecular complexity index is 387. The van der Waals surface area contributed by atoms with E-state index >= 15 is 0 Å². The molecule has 19 heavy (non-hydrogen) atoms. The Hall–Kier alpha value is -1.19. The lowest BCUT2D eigenvalue weighted by Crippen LogP contribution is -2.40. The molecule has 0 amide bonds. The molecule has 1 aromatic carbocycles. The van der Waals surface area contributed by atoms with Crippen molar-refractivity contribution < 1.29 is 9.90 Å². The summed E-state index contributed by atoms with van der Waals surface area (Å²) in [6, 6.07) is 9.45. The molecular formula is C16H25NO2. The lowest BCUT2D eigenvalue weighted by molar-refractivity contribution is 0.0763. The maximum Gasteiger partial charge on any atom is 0.169 e. The van der Waals surface area contributed by atoms with Crippen molar-refractivity contribution in [2.75, 3.05) is 26.2 Å². The van der Waals surface area contributed by atoms with Gasteiger partial charge in [-0.15, -0.1) is 0 Å². The van der Waals surface area contributed by atoms with E-state index in [0.717, 1.165) is 31.6 Å². The lowest BCUT2D eigenvalue weighted by Gasteiger charge is -2.31. The van der Waals surface area contributed by atoms with Gasteiger partial charge in [-0.2, -0.15) is 0 Å². The third-order valence-electron chi connectivity index (χ3n) is 3.35. The van der Waals surface area contributed by atoms with Crippen molar-refractivity contribution in [3.05, 3.63) is 35.9 Å². The Balaban J connectivity index is 2.71. The Morgan fingerprint density at radius 2 is 1.89 bits per heavy atom. The summed E-state index contributed by atoms with van der Waals surface area (Å²) < 4.78 is 0. The SMILES string of the molecule is CCN(CCCO)CC(C)(C)C(=O)c1ccccc1. The third kappa shape index (κ3) is 4.77. The van der Waals surface area contributed by atoms with Crippen molar-refractivity contribution in [2.24, 2.45) is 5.41 Å². The van der Waals surface area contributed by atoms with E-state index in [9.17, 15) is 4.79 Å². The first-order chi connectivity index (χ1) is 9.01. The van der Waals surface area contributed by atoms with E-state index < -0.39 is 5.41 Å². The minimum atomic E-state index is -0.410. The Kier molecular flexibility index (Phi) is 6.19. The molecule has 1 aromatic rings. The molecule has 0 radical (unpaired) electrons. The van der Waals surface area contributed by atoms with Crippen LogP contribution in [0.4, 0.5) is 0 Å². The molecule has 106 valence electrons. The first-order valence-corrected chi connectivity index (χ1v) is 6.94. The zero-order valence-electron chi connectivity index (χ0n) is 12.2. The highest BCUT2D eigenvalue weighted by Crippen LogP contribution is 2.23. The molecule has 0 saturated heterocycles. The van der Waals surface area contributed by atoms with Crippen molar-refractivity contribution in [1.29, 1.82) is 0 Å². The second-order valence-electron chi connectivity index (χ2n) is 5.52. The van der Waals surface area contributed by atoms with Gasteiger partial charge in [-0.25, -0.2) is 0 Å². The van der Waals surface area contributed by atoms with E-state index in [-0.39, 0.29) is 12.4 Å². The predicted molar refractivity (Wildman–Crippen MR) is 78.4 cm³/mol. The summed E-state index contributed by atoms with van der Waals surface area (Å²) in [5.74, 6) is 0.176. The molecule has 0 aliphatic heterocycles. The molecule has 0 spiro atoms. The second-order valence-corrected chi connectivity index (χ2v) is 5.52. The fourth-order valence-electron chi connectivity index (χ4n) is 2.25. The van der Waals surface area contributed by atoms with E-state index in [1.807, 2.05) is 44.2 Å². The number of rotatable bonds is 8. The summed E-state index contributed by atoms with van der Waals surface area (Å²) in [4.78, 5) is 14.7. The fourth-order valence-corrected chi connectivity index (χ4v) is 2.25. The van der Waals surface area contributed by atoms with Gasteiger partial charge < -0.3 is 10.0 Å². The summed E-state index contributed by atoms with van der Waals surface area (Å²) >= 11 is 0. The molecule has 0 unspecified atom stereocenters. The van der Waals surface area contributed by atoms with Crippen molar-refractivity contribution in [3.8, 4) is 0 Å². The van der Waals surface area contributed by atoms with Crippen LogP contribution < -0.4 is 0 Å². The summed E-state index contributed by atoms with van der Waals surface area (Å²) in [7, 11) is 0. The third-order valence-corrected chi connectivity index (χ3v) is 3.35. The number of hydrogen-bond donors (Lipinski definition) is 1. The molecule has 0 saturated carbocycles. The highest BCUT2D eigenvalue weighted by Gasteiger charge is 2.30. The zero-order chi connectivity index (χ0) is 14.3. The molecule has 1 rings (SSSR count). The maximum atomic E-state index is 12.5. The monoisotopic (exact) mass is 263 g/mol. The van der Waals surface area contributed by atoms with E-state index in [1.165, 1.54) is 0 Å². The molecule has 0 atom stereocenters. The molecule has 0 heterocycles. The van der Waals surface area contributed by atoms with E-state index in [2.05, 4.69) is 11.8 Å². The molecule has 1 N–H and O–H groups in total. The Morgan fingerprint density at radius 1 is 1.26 bits per heavy atom. The van der Waals surface area contributed by atoms with Gasteiger partial charge in [0.2, 0.25) is 0 Å². The van der Waals surface area contributed by atoms with Gasteiger partial charge in [-0.05, 0) is 13.0 Å². The average molecular weight is 263 g/mol. The van der Waals surface area contributed by atoms with Crippen LogP contribution in [0.1, 0.15) is 37.6 Å². The number of carbonyl (C=O) groups excluding carboxylic acids is 1. The standard InChI is InChI=1S/C16H25NO2/c1-4-17(11-8-12-18)13-16(2,3)15(19)14-9-6-5-7-10-14/h5-7,9-10,18H,4,8,11-13H2,1-3H3. The number of hydrogen-bond acceptors (Lipinski definition) is 3. The molecule has 3 heteroatoms. The molecular weight excluding hydrogens is 238 g/mol. The molecule has 0 aromatic heterocycles. The van der Waals surface area contributed by atoms with Crippen LogP contribution in [0, 0.1) is 5.41 Å². The fraction of sp³-hybridized carbons (Fsp3) is 0.562. The molecule has 0 bridgehead atoms.